The van der Waals surface area contributed by atoms with Crippen molar-refractivity contribution >= 4 is 32.9 Å². The molecule has 0 unspecified atom stereocenters. The summed E-state index contributed by atoms with van der Waals surface area (Å²) in [5.74, 6) is 0.813. The molecule has 0 amide bonds. The number of carbonyl (C=O) groups excluding carboxylic acids is 1. The highest BCUT2D eigenvalue weighted by molar-refractivity contribution is 9.10. The first kappa shape index (κ1) is 18.5. The SMILES string of the molecule is CCOC(=O)c1c(C)oc2cc(Br)c(OCc3cc(C)ccc3C)cc12. The van der Waals surface area contributed by atoms with E-state index in [0.29, 0.717) is 41.3 Å². The van der Waals surface area contributed by atoms with Crippen LogP contribution in [0.15, 0.2) is 39.2 Å². The van der Waals surface area contributed by atoms with Gasteiger partial charge in [-0.15, -0.1) is 0 Å². The Morgan fingerprint density at radius 3 is 2.65 bits per heavy atom. The van der Waals surface area contributed by atoms with Crippen LogP contribution in [0.1, 0.15) is 39.7 Å². The van der Waals surface area contributed by atoms with E-state index in [0.717, 1.165) is 10.0 Å². The second kappa shape index (κ2) is 7.54. The Morgan fingerprint density at radius 2 is 1.92 bits per heavy atom. The molecule has 0 aliphatic heterocycles. The van der Waals surface area contributed by atoms with E-state index in [-0.39, 0.29) is 5.97 Å². The maximum atomic E-state index is 12.3. The summed E-state index contributed by atoms with van der Waals surface area (Å²) in [6, 6.07) is 9.94. The summed E-state index contributed by atoms with van der Waals surface area (Å²) in [6.45, 7) is 8.43. The third kappa shape index (κ3) is 3.63. The fourth-order valence-electron chi connectivity index (χ4n) is 2.90. The quantitative estimate of drug-likeness (QED) is 0.487. The van der Waals surface area contributed by atoms with Crippen LogP contribution >= 0.6 is 15.9 Å². The van der Waals surface area contributed by atoms with Gasteiger partial charge in [0.1, 0.15) is 29.3 Å². The third-order valence-corrected chi connectivity index (χ3v) is 4.91. The Bertz CT molecular complexity index is 972. The van der Waals surface area contributed by atoms with Gasteiger partial charge in [0.15, 0.2) is 0 Å². The van der Waals surface area contributed by atoms with Gasteiger partial charge in [-0.2, -0.15) is 0 Å². The Labute approximate surface area is 161 Å². The number of esters is 1. The zero-order valence-electron chi connectivity index (χ0n) is 15.3. The molecule has 4 nitrogen and oxygen atoms in total. The zero-order valence-corrected chi connectivity index (χ0v) is 16.9. The van der Waals surface area contributed by atoms with E-state index < -0.39 is 0 Å². The van der Waals surface area contributed by atoms with E-state index in [1.807, 2.05) is 12.1 Å². The van der Waals surface area contributed by atoms with E-state index in [4.69, 9.17) is 13.9 Å². The average Bonchev–Trinajstić information content (AvgIpc) is 2.90. The molecule has 0 atom stereocenters. The molecule has 26 heavy (non-hydrogen) atoms. The standard InChI is InChI=1S/C21H21BrO4/c1-5-24-21(23)20-14(4)26-18-10-17(22)19(9-16(18)20)25-11-15-8-12(2)6-7-13(15)3/h6-10H,5,11H2,1-4H3. The van der Waals surface area contributed by atoms with Crippen molar-refractivity contribution in [3.63, 3.8) is 0 Å². The molecule has 1 heterocycles. The van der Waals surface area contributed by atoms with Crippen molar-refractivity contribution in [3.8, 4) is 5.75 Å². The molecule has 1 aromatic heterocycles. The summed E-state index contributed by atoms with van der Waals surface area (Å²) in [7, 11) is 0. The predicted molar refractivity (Wildman–Crippen MR) is 105 cm³/mol. The van der Waals surface area contributed by atoms with Crippen LogP contribution in [0.2, 0.25) is 0 Å². The number of furan rings is 1. The van der Waals surface area contributed by atoms with Crippen molar-refractivity contribution in [2.24, 2.45) is 0 Å². The highest BCUT2D eigenvalue weighted by Gasteiger charge is 2.21. The molecule has 0 spiro atoms. The minimum absolute atomic E-state index is 0.317. The van der Waals surface area contributed by atoms with Gasteiger partial charge in [-0.25, -0.2) is 4.79 Å². The second-order valence-electron chi connectivity index (χ2n) is 6.25. The van der Waals surface area contributed by atoms with Crippen LogP contribution < -0.4 is 4.74 Å². The molecule has 0 aliphatic carbocycles. The highest BCUT2D eigenvalue weighted by Crippen LogP contribution is 2.35. The summed E-state index contributed by atoms with van der Waals surface area (Å²) in [6.07, 6.45) is 0. The number of ether oxygens (including phenoxy) is 2. The van der Waals surface area contributed by atoms with Crippen LogP contribution in [0.5, 0.6) is 5.75 Å². The maximum Gasteiger partial charge on any atom is 0.342 e. The number of fused-ring (bicyclic) bond motifs is 1. The molecule has 5 heteroatoms. The summed E-state index contributed by atoms with van der Waals surface area (Å²) >= 11 is 3.52. The molecule has 0 fully saturated rings. The third-order valence-electron chi connectivity index (χ3n) is 4.29. The van der Waals surface area contributed by atoms with Gasteiger partial charge in [0.2, 0.25) is 0 Å². The summed E-state index contributed by atoms with van der Waals surface area (Å²) in [5.41, 5.74) is 4.58. The largest absolute Gasteiger partial charge is 0.488 e. The molecule has 0 N–H and O–H groups in total. The molecule has 136 valence electrons. The smallest absolute Gasteiger partial charge is 0.342 e. The number of hydrogen-bond acceptors (Lipinski definition) is 4. The molecular weight excluding hydrogens is 396 g/mol. The fourth-order valence-corrected chi connectivity index (χ4v) is 3.34. The lowest BCUT2D eigenvalue weighted by Gasteiger charge is -2.11. The van der Waals surface area contributed by atoms with Gasteiger partial charge < -0.3 is 13.9 Å². The van der Waals surface area contributed by atoms with Crippen LogP contribution in [-0.4, -0.2) is 12.6 Å². The van der Waals surface area contributed by atoms with Crippen LogP contribution in [0, 0.1) is 20.8 Å². The molecule has 0 aliphatic rings. The number of benzene rings is 2. The molecular formula is C21H21BrO4. The molecule has 0 saturated heterocycles. The minimum Gasteiger partial charge on any atom is -0.488 e. The maximum absolute atomic E-state index is 12.3. The Morgan fingerprint density at radius 1 is 1.15 bits per heavy atom. The van der Waals surface area contributed by atoms with Crippen molar-refractivity contribution in [1.82, 2.24) is 0 Å². The zero-order chi connectivity index (χ0) is 18.8. The number of aryl methyl sites for hydroxylation is 3. The minimum atomic E-state index is -0.383. The van der Waals surface area contributed by atoms with Crippen molar-refractivity contribution in [3.05, 3.63) is 62.8 Å². The van der Waals surface area contributed by atoms with Crippen molar-refractivity contribution in [1.29, 1.82) is 0 Å². The first-order valence-electron chi connectivity index (χ1n) is 8.49. The Balaban J connectivity index is 1.95. The Hall–Kier alpha value is -2.27. The first-order chi connectivity index (χ1) is 12.4. The second-order valence-corrected chi connectivity index (χ2v) is 7.11. The molecule has 3 rings (SSSR count). The lowest BCUT2D eigenvalue weighted by atomic mass is 10.1. The molecule has 0 saturated carbocycles. The summed E-state index contributed by atoms with van der Waals surface area (Å²) in [4.78, 5) is 12.3. The van der Waals surface area contributed by atoms with Crippen LogP contribution in [0.25, 0.3) is 11.0 Å². The topological polar surface area (TPSA) is 48.7 Å². The van der Waals surface area contributed by atoms with Crippen LogP contribution in [0.4, 0.5) is 0 Å². The van der Waals surface area contributed by atoms with Gasteiger partial charge in [0, 0.05) is 5.39 Å². The molecule has 3 aromatic rings. The van der Waals surface area contributed by atoms with Crippen molar-refractivity contribution in [2.75, 3.05) is 6.61 Å². The lowest BCUT2D eigenvalue weighted by Crippen LogP contribution is -2.05. The number of hydrogen-bond donors (Lipinski definition) is 0. The van der Waals surface area contributed by atoms with Gasteiger partial charge in [-0.3, -0.25) is 0 Å². The van der Waals surface area contributed by atoms with Gasteiger partial charge in [-0.05, 0) is 66.9 Å². The molecule has 0 bridgehead atoms. The van der Waals surface area contributed by atoms with E-state index >= 15 is 0 Å². The summed E-state index contributed by atoms with van der Waals surface area (Å²) < 4.78 is 17.7. The average molecular weight is 417 g/mol. The van der Waals surface area contributed by atoms with E-state index in [9.17, 15) is 4.79 Å². The predicted octanol–water partition coefficient (Wildman–Crippen LogP) is 5.88. The molecule has 2 aromatic carbocycles. The normalized spacial score (nSPS) is 11.0. The highest BCUT2D eigenvalue weighted by atomic mass is 79.9. The van der Waals surface area contributed by atoms with Gasteiger partial charge >= 0.3 is 5.97 Å². The van der Waals surface area contributed by atoms with Gasteiger partial charge in [-0.1, -0.05) is 23.8 Å². The van der Waals surface area contributed by atoms with Crippen LogP contribution in [-0.2, 0) is 11.3 Å². The van der Waals surface area contributed by atoms with Crippen molar-refractivity contribution < 1.29 is 18.7 Å². The van der Waals surface area contributed by atoms with Crippen molar-refractivity contribution in [2.45, 2.75) is 34.3 Å². The monoisotopic (exact) mass is 416 g/mol. The van der Waals surface area contributed by atoms with Gasteiger partial charge in [0.25, 0.3) is 0 Å². The summed E-state index contributed by atoms with van der Waals surface area (Å²) in [5, 5.41) is 0.695. The number of rotatable bonds is 5. The Kier molecular flexibility index (Phi) is 5.37. The molecule has 0 radical (unpaired) electrons. The fraction of sp³-hybridized carbons (Fsp3) is 0.286. The van der Waals surface area contributed by atoms with E-state index in [1.54, 1.807) is 13.8 Å². The lowest BCUT2D eigenvalue weighted by molar-refractivity contribution is 0.0526. The van der Waals surface area contributed by atoms with E-state index in [1.165, 1.54) is 11.1 Å². The van der Waals surface area contributed by atoms with Crippen LogP contribution in [0.3, 0.4) is 0 Å². The number of carbonyl (C=O) groups is 1. The number of halogens is 1. The van der Waals surface area contributed by atoms with E-state index in [2.05, 4.69) is 48.0 Å². The first-order valence-corrected chi connectivity index (χ1v) is 9.28. The van der Waals surface area contributed by atoms with Gasteiger partial charge in [0.05, 0.1) is 11.1 Å².